The van der Waals surface area contributed by atoms with Gasteiger partial charge in [-0.1, -0.05) is 43.3 Å². The van der Waals surface area contributed by atoms with E-state index in [4.69, 9.17) is 5.11 Å². The average Bonchev–Trinajstić information content (AvgIpc) is 2.64. The van der Waals surface area contributed by atoms with Gasteiger partial charge in [0.1, 0.15) is 0 Å². The third kappa shape index (κ3) is 5.21. The summed E-state index contributed by atoms with van der Waals surface area (Å²) < 4.78 is 0. The zero-order chi connectivity index (χ0) is 18.2. The number of nitrogens with zero attached hydrogens (tertiary/aromatic N) is 1. The molecule has 0 atom stereocenters. The molecule has 0 heterocycles. The number of benzene rings is 2. The fraction of sp³-hybridized carbons (Fsp3) is 0.200. The summed E-state index contributed by atoms with van der Waals surface area (Å²) in [6.45, 7) is 2.66. The van der Waals surface area contributed by atoms with Crippen molar-refractivity contribution in [2.45, 2.75) is 13.3 Å². The number of carbonyl (C=O) groups is 2. The molecule has 130 valence electrons. The van der Waals surface area contributed by atoms with Crippen molar-refractivity contribution < 1.29 is 14.7 Å². The van der Waals surface area contributed by atoms with E-state index in [1.54, 1.807) is 18.0 Å². The van der Waals surface area contributed by atoms with Gasteiger partial charge in [-0.25, -0.2) is 9.59 Å². The lowest BCUT2D eigenvalue weighted by molar-refractivity contribution is -0.131. The zero-order valence-electron chi connectivity index (χ0n) is 14.4. The van der Waals surface area contributed by atoms with Crippen LogP contribution in [0.15, 0.2) is 54.6 Å². The molecule has 0 aliphatic carbocycles. The summed E-state index contributed by atoms with van der Waals surface area (Å²) >= 11 is 0. The Labute approximate surface area is 147 Å². The standard InChI is InChI=1S/C20H22N2O3/c1-3-13-21-20(25)22(2)18-6-4-5-17(14-18)16-10-7-15(8-11-16)9-12-19(23)24/h4-12,14H,3,13H2,1-2H3,(H,21,25)(H,23,24)/b12-9+. The van der Waals surface area contributed by atoms with Crippen molar-refractivity contribution in [3.8, 4) is 11.1 Å². The van der Waals surface area contributed by atoms with E-state index in [0.717, 1.165) is 34.9 Å². The van der Waals surface area contributed by atoms with E-state index < -0.39 is 5.97 Å². The Morgan fingerprint density at radius 2 is 1.84 bits per heavy atom. The molecule has 2 N–H and O–H groups in total. The highest BCUT2D eigenvalue weighted by Gasteiger charge is 2.10. The van der Waals surface area contributed by atoms with Crippen molar-refractivity contribution in [3.63, 3.8) is 0 Å². The maximum Gasteiger partial charge on any atom is 0.328 e. The minimum atomic E-state index is -0.971. The van der Waals surface area contributed by atoms with Gasteiger partial charge in [-0.2, -0.15) is 0 Å². The zero-order valence-corrected chi connectivity index (χ0v) is 14.4. The molecule has 0 saturated heterocycles. The van der Waals surface area contributed by atoms with Gasteiger partial charge >= 0.3 is 12.0 Å². The minimum Gasteiger partial charge on any atom is -0.478 e. The van der Waals surface area contributed by atoms with E-state index in [1.807, 2.05) is 55.5 Å². The topological polar surface area (TPSA) is 69.6 Å². The Balaban J connectivity index is 2.18. The molecule has 0 aromatic heterocycles. The molecule has 0 aliphatic heterocycles. The van der Waals surface area contributed by atoms with Crippen LogP contribution in [-0.2, 0) is 4.79 Å². The molecule has 2 aromatic carbocycles. The molecule has 0 aliphatic rings. The summed E-state index contributed by atoms with van der Waals surface area (Å²) in [7, 11) is 1.74. The quantitative estimate of drug-likeness (QED) is 0.782. The highest BCUT2D eigenvalue weighted by atomic mass is 16.4. The van der Waals surface area contributed by atoms with Gasteiger partial charge in [0.05, 0.1) is 0 Å². The predicted molar refractivity (Wildman–Crippen MR) is 101 cm³/mol. The van der Waals surface area contributed by atoms with E-state index >= 15 is 0 Å². The third-order valence-electron chi connectivity index (χ3n) is 3.73. The molecule has 0 spiro atoms. The van der Waals surface area contributed by atoms with Crippen molar-refractivity contribution in [2.24, 2.45) is 0 Å². The first kappa shape index (κ1) is 18.3. The van der Waals surface area contributed by atoms with Crippen molar-refractivity contribution in [2.75, 3.05) is 18.5 Å². The Morgan fingerprint density at radius 3 is 2.48 bits per heavy atom. The van der Waals surface area contributed by atoms with Crippen LogP contribution in [0.4, 0.5) is 10.5 Å². The number of carboxylic acids is 1. The van der Waals surface area contributed by atoms with E-state index in [2.05, 4.69) is 5.32 Å². The molecule has 2 aromatic rings. The Morgan fingerprint density at radius 1 is 1.12 bits per heavy atom. The van der Waals surface area contributed by atoms with Crippen molar-refractivity contribution in [1.29, 1.82) is 0 Å². The van der Waals surface area contributed by atoms with E-state index in [-0.39, 0.29) is 6.03 Å². The molecule has 0 saturated carbocycles. The molecule has 5 heteroatoms. The number of rotatable bonds is 6. The van der Waals surface area contributed by atoms with Crippen LogP contribution in [0.5, 0.6) is 0 Å². The monoisotopic (exact) mass is 338 g/mol. The largest absolute Gasteiger partial charge is 0.478 e. The molecule has 2 amide bonds. The maximum atomic E-state index is 12.1. The Kier molecular flexibility index (Phi) is 6.34. The fourth-order valence-corrected chi connectivity index (χ4v) is 2.32. The summed E-state index contributed by atoms with van der Waals surface area (Å²) in [5.41, 5.74) is 3.61. The maximum absolute atomic E-state index is 12.1. The number of carboxylic acid groups (broad SMARTS) is 1. The first-order valence-corrected chi connectivity index (χ1v) is 8.14. The molecule has 5 nitrogen and oxygen atoms in total. The molecule has 25 heavy (non-hydrogen) atoms. The Hall–Kier alpha value is -3.08. The van der Waals surface area contributed by atoms with Gasteiger partial charge in [0.15, 0.2) is 0 Å². The number of hydrogen-bond donors (Lipinski definition) is 2. The molecule has 2 rings (SSSR count). The lowest BCUT2D eigenvalue weighted by Crippen LogP contribution is -2.37. The van der Waals surface area contributed by atoms with Crippen LogP contribution in [0.3, 0.4) is 0 Å². The van der Waals surface area contributed by atoms with E-state index in [0.29, 0.717) is 6.54 Å². The minimum absolute atomic E-state index is 0.131. The Bertz CT molecular complexity index is 767. The summed E-state index contributed by atoms with van der Waals surface area (Å²) in [5, 5.41) is 11.5. The first-order chi connectivity index (χ1) is 12.0. The first-order valence-electron chi connectivity index (χ1n) is 8.14. The van der Waals surface area contributed by atoms with Gasteiger partial charge in [0, 0.05) is 25.4 Å². The molecule has 0 fully saturated rings. The van der Waals surface area contributed by atoms with Crippen LogP contribution in [0, 0.1) is 0 Å². The van der Waals surface area contributed by atoms with Gasteiger partial charge in [-0.15, -0.1) is 0 Å². The van der Waals surface area contributed by atoms with Crippen LogP contribution in [0.2, 0.25) is 0 Å². The third-order valence-corrected chi connectivity index (χ3v) is 3.73. The fourth-order valence-electron chi connectivity index (χ4n) is 2.32. The van der Waals surface area contributed by atoms with Crippen LogP contribution in [0.1, 0.15) is 18.9 Å². The van der Waals surface area contributed by atoms with E-state index in [9.17, 15) is 9.59 Å². The van der Waals surface area contributed by atoms with Crippen molar-refractivity contribution >= 4 is 23.8 Å². The second-order valence-corrected chi connectivity index (χ2v) is 5.63. The molecule has 0 bridgehead atoms. The van der Waals surface area contributed by atoms with Crippen LogP contribution >= 0.6 is 0 Å². The molecule has 0 unspecified atom stereocenters. The summed E-state index contributed by atoms with van der Waals surface area (Å²) in [6.07, 6.45) is 3.55. The van der Waals surface area contributed by atoms with Gasteiger partial charge in [-0.3, -0.25) is 4.90 Å². The molecular formula is C20H22N2O3. The number of carbonyl (C=O) groups excluding carboxylic acids is 1. The summed E-state index contributed by atoms with van der Waals surface area (Å²) in [5.74, 6) is -0.971. The summed E-state index contributed by atoms with van der Waals surface area (Å²) in [6, 6.07) is 15.2. The lowest BCUT2D eigenvalue weighted by Gasteiger charge is -2.18. The second kappa shape index (κ2) is 8.68. The normalized spacial score (nSPS) is 10.6. The van der Waals surface area contributed by atoms with Gasteiger partial charge in [0.25, 0.3) is 0 Å². The van der Waals surface area contributed by atoms with Gasteiger partial charge in [-0.05, 0) is 41.3 Å². The molecular weight excluding hydrogens is 316 g/mol. The second-order valence-electron chi connectivity index (χ2n) is 5.63. The number of aliphatic carboxylic acids is 1. The number of amides is 2. The van der Waals surface area contributed by atoms with E-state index in [1.165, 1.54) is 0 Å². The number of urea groups is 1. The smallest absolute Gasteiger partial charge is 0.328 e. The number of hydrogen-bond acceptors (Lipinski definition) is 2. The highest BCUT2D eigenvalue weighted by molar-refractivity contribution is 5.92. The highest BCUT2D eigenvalue weighted by Crippen LogP contribution is 2.25. The summed E-state index contributed by atoms with van der Waals surface area (Å²) in [4.78, 5) is 24.2. The van der Waals surface area contributed by atoms with Crippen molar-refractivity contribution in [3.05, 3.63) is 60.2 Å². The number of anilines is 1. The van der Waals surface area contributed by atoms with Crippen LogP contribution in [0.25, 0.3) is 17.2 Å². The predicted octanol–water partition coefficient (Wildman–Crippen LogP) is 4.01. The van der Waals surface area contributed by atoms with Gasteiger partial charge in [0.2, 0.25) is 0 Å². The van der Waals surface area contributed by atoms with Crippen molar-refractivity contribution in [1.82, 2.24) is 5.32 Å². The number of nitrogens with one attached hydrogen (secondary N) is 1. The van der Waals surface area contributed by atoms with Gasteiger partial charge < -0.3 is 10.4 Å². The van der Waals surface area contributed by atoms with Crippen LogP contribution in [-0.4, -0.2) is 30.7 Å². The average molecular weight is 338 g/mol. The lowest BCUT2D eigenvalue weighted by atomic mass is 10.0. The molecule has 0 radical (unpaired) electrons. The SMILES string of the molecule is CCCNC(=O)N(C)c1cccc(-c2ccc(/C=C/C(=O)O)cc2)c1. The van der Waals surface area contributed by atoms with Crippen LogP contribution < -0.4 is 10.2 Å².